The second kappa shape index (κ2) is 7.13. The third kappa shape index (κ3) is 4.10. The molecule has 1 aromatic heterocycles. The molecule has 1 amide bonds. The van der Waals surface area contributed by atoms with E-state index in [0.717, 1.165) is 38.1 Å². The Kier molecular flexibility index (Phi) is 4.92. The van der Waals surface area contributed by atoms with Crippen LogP contribution in [0.1, 0.15) is 35.9 Å². The average molecular weight is 346 g/mol. The maximum Gasteiger partial charge on any atom is 0.272 e. The topological polar surface area (TPSA) is 58.1 Å². The Labute approximate surface area is 145 Å². The molecule has 0 saturated carbocycles. The number of hydrogen-bond acceptors (Lipinski definition) is 4. The van der Waals surface area contributed by atoms with E-state index in [-0.39, 0.29) is 11.9 Å². The molecule has 0 bridgehead atoms. The van der Waals surface area contributed by atoms with Gasteiger partial charge in [0.1, 0.15) is 5.69 Å². The Morgan fingerprint density at radius 3 is 2.56 bits per heavy atom. The fraction of sp³-hybridized carbons (Fsp3) is 0.389. The highest BCUT2D eigenvalue weighted by Crippen LogP contribution is 2.20. The fourth-order valence-electron chi connectivity index (χ4n) is 2.81. The van der Waals surface area contributed by atoms with Crippen molar-refractivity contribution in [1.82, 2.24) is 14.9 Å². The Morgan fingerprint density at radius 2 is 1.88 bits per heavy atom. The number of nitrogens with zero attached hydrogens (tertiary/aromatic N) is 3. The lowest BCUT2D eigenvalue weighted by molar-refractivity contribution is 0.0691. The molecule has 0 spiro atoms. The van der Waals surface area contributed by atoms with Crippen LogP contribution < -0.4 is 5.32 Å². The van der Waals surface area contributed by atoms with Gasteiger partial charge in [-0.05, 0) is 43.9 Å². The van der Waals surface area contributed by atoms with Gasteiger partial charge in [-0.25, -0.2) is 18.7 Å². The maximum atomic E-state index is 13.3. The molecule has 2 aromatic rings. The molecule has 0 aliphatic carbocycles. The molecule has 3 rings (SSSR count). The van der Waals surface area contributed by atoms with E-state index in [1.807, 2.05) is 0 Å². The zero-order valence-corrected chi connectivity index (χ0v) is 14.2. The van der Waals surface area contributed by atoms with Gasteiger partial charge in [0.15, 0.2) is 11.6 Å². The van der Waals surface area contributed by atoms with Crippen LogP contribution in [0.15, 0.2) is 24.3 Å². The highest BCUT2D eigenvalue weighted by Gasteiger charge is 2.23. The maximum absolute atomic E-state index is 13.3. The molecule has 2 heterocycles. The molecule has 1 aliphatic heterocycles. The lowest BCUT2D eigenvalue weighted by Gasteiger charge is -2.30. The third-order valence-corrected chi connectivity index (χ3v) is 4.32. The van der Waals surface area contributed by atoms with Crippen LogP contribution in [0.3, 0.4) is 0 Å². The number of halogens is 2. The van der Waals surface area contributed by atoms with Gasteiger partial charge in [0, 0.05) is 30.5 Å². The van der Waals surface area contributed by atoms with Crippen LogP contribution in [0, 0.1) is 24.5 Å². The summed E-state index contributed by atoms with van der Waals surface area (Å²) in [6, 6.07) is 5.07. The summed E-state index contributed by atoms with van der Waals surface area (Å²) in [6.07, 6.45) is 1.96. The number of aromatic nitrogens is 2. The molecule has 0 atom stereocenters. The van der Waals surface area contributed by atoms with Gasteiger partial charge in [-0.1, -0.05) is 6.92 Å². The first kappa shape index (κ1) is 17.3. The van der Waals surface area contributed by atoms with Crippen LogP contribution in [-0.4, -0.2) is 33.9 Å². The predicted octanol–water partition coefficient (Wildman–Crippen LogP) is 3.68. The first-order valence-electron chi connectivity index (χ1n) is 8.29. The van der Waals surface area contributed by atoms with Gasteiger partial charge in [0.05, 0.1) is 0 Å². The highest BCUT2D eigenvalue weighted by molar-refractivity contribution is 5.92. The van der Waals surface area contributed by atoms with Gasteiger partial charge in [0.2, 0.25) is 5.95 Å². The van der Waals surface area contributed by atoms with Crippen LogP contribution in [-0.2, 0) is 0 Å². The van der Waals surface area contributed by atoms with Gasteiger partial charge >= 0.3 is 0 Å². The molecule has 25 heavy (non-hydrogen) atoms. The quantitative estimate of drug-likeness (QED) is 0.921. The van der Waals surface area contributed by atoms with Crippen molar-refractivity contribution in [2.24, 2.45) is 5.92 Å². The van der Waals surface area contributed by atoms with Gasteiger partial charge < -0.3 is 10.2 Å². The summed E-state index contributed by atoms with van der Waals surface area (Å²) in [7, 11) is 0. The molecular formula is C18H20F2N4O. The molecule has 0 unspecified atom stereocenters. The zero-order chi connectivity index (χ0) is 18.0. The minimum absolute atomic E-state index is 0.134. The number of rotatable bonds is 3. The van der Waals surface area contributed by atoms with E-state index in [9.17, 15) is 13.6 Å². The van der Waals surface area contributed by atoms with E-state index in [4.69, 9.17) is 0 Å². The van der Waals surface area contributed by atoms with E-state index >= 15 is 0 Å². The first-order chi connectivity index (χ1) is 11.9. The Morgan fingerprint density at radius 1 is 1.16 bits per heavy atom. The second-order valence-corrected chi connectivity index (χ2v) is 6.45. The minimum Gasteiger partial charge on any atom is -0.337 e. The fourth-order valence-corrected chi connectivity index (χ4v) is 2.81. The number of anilines is 2. The molecule has 1 aliphatic rings. The first-order valence-corrected chi connectivity index (χ1v) is 8.29. The van der Waals surface area contributed by atoms with E-state index in [0.29, 0.717) is 23.0 Å². The average Bonchev–Trinajstić information content (AvgIpc) is 2.58. The van der Waals surface area contributed by atoms with Crippen molar-refractivity contribution in [2.45, 2.75) is 26.7 Å². The number of likely N-dealkylation sites (tertiary alicyclic amines) is 1. The molecule has 5 nitrogen and oxygen atoms in total. The normalized spacial score (nSPS) is 15.3. The van der Waals surface area contributed by atoms with Crippen molar-refractivity contribution < 1.29 is 13.6 Å². The number of carbonyl (C=O) groups is 1. The SMILES string of the molecule is Cc1cc(C(=O)N2CCC(C)CC2)nc(Nc2ccc(F)c(F)c2)n1. The van der Waals surface area contributed by atoms with Crippen molar-refractivity contribution in [2.75, 3.05) is 18.4 Å². The Balaban J connectivity index is 1.80. The number of aryl methyl sites for hydroxylation is 1. The second-order valence-electron chi connectivity index (χ2n) is 6.45. The largest absolute Gasteiger partial charge is 0.337 e. The third-order valence-electron chi connectivity index (χ3n) is 4.32. The summed E-state index contributed by atoms with van der Waals surface area (Å²) >= 11 is 0. The molecule has 0 radical (unpaired) electrons. The Bertz CT molecular complexity index is 789. The van der Waals surface area contributed by atoms with Gasteiger partial charge in [0.25, 0.3) is 5.91 Å². The van der Waals surface area contributed by atoms with Gasteiger partial charge in [-0.3, -0.25) is 4.79 Å². The molecule has 1 fully saturated rings. The number of carbonyl (C=O) groups excluding carboxylic acids is 1. The molecule has 132 valence electrons. The van der Waals surface area contributed by atoms with Crippen LogP contribution in [0.5, 0.6) is 0 Å². The smallest absolute Gasteiger partial charge is 0.272 e. The van der Waals surface area contributed by atoms with Crippen LogP contribution in [0.4, 0.5) is 20.4 Å². The van der Waals surface area contributed by atoms with E-state index in [2.05, 4.69) is 22.2 Å². The molecule has 1 aromatic carbocycles. The van der Waals surface area contributed by atoms with Crippen LogP contribution >= 0.6 is 0 Å². The van der Waals surface area contributed by atoms with Gasteiger partial charge in [-0.15, -0.1) is 0 Å². The zero-order valence-electron chi connectivity index (χ0n) is 14.2. The highest BCUT2D eigenvalue weighted by atomic mass is 19.2. The summed E-state index contributed by atoms with van der Waals surface area (Å²) in [5, 5.41) is 2.82. The number of hydrogen-bond donors (Lipinski definition) is 1. The lowest BCUT2D eigenvalue weighted by Crippen LogP contribution is -2.38. The van der Waals surface area contributed by atoms with Crippen LogP contribution in [0.2, 0.25) is 0 Å². The Hall–Kier alpha value is -2.57. The van der Waals surface area contributed by atoms with Crippen molar-refractivity contribution in [1.29, 1.82) is 0 Å². The summed E-state index contributed by atoms with van der Waals surface area (Å²) in [4.78, 5) is 22.9. The van der Waals surface area contributed by atoms with Crippen molar-refractivity contribution >= 4 is 17.5 Å². The van der Waals surface area contributed by atoms with Crippen molar-refractivity contribution in [3.8, 4) is 0 Å². The summed E-state index contributed by atoms with van der Waals surface area (Å²) in [6.45, 7) is 5.37. The van der Waals surface area contributed by atoms with Crippen LogP contribution in [0.25, 0.3) is 0 Å². The minimum atomic E-state index is -0.962. The van der Waals surface area contributed by atoms with Crippen molar-refractivity contribution in [3.05, 3.63) is 47.3 Å². The van der Waals surface area contributed by atoms with E-state index < -0.39 is 11.6 Å². The molecule has 7 heteroatoms. The number of amides is 1. The summed E-state index contributed by atoms with van der Waals surface area (Å²) in [5.41, 5.74) is 1.23. The number of nitrogens with one attached hydrogen (secondary N) is 1. The summed E-state index contributed by atoms with van der Waals surface area (Å²) in [5.74, 6) is -1.21. The number of piperidine rings is 1. The predicted molar refractivity (Wildman–Crippen MR) is 90.7 cm³/mol. The summed E-state index contributed by atoms with van der Waals surface area (Å²) < 4.78 is 26.3. The van der Waals surface area contributed by atoms with Crippen molar-refractivity contribution in [3.63, 3.8) is 0 Å². The van der Waals surface area contributed by atoms with E-state index in [1.165, 1.54) is 6.07 Å². The molecular weight excluding hydrogens is 326 g/mol. The lowest BCUT2D eigenvalue weighted by atomic mass is 9.99. The molecule has 1 saturated heterocycles. The molecule has 1 N–H and O–H groups in total. The standard InChI is InChI=1S/C18H20F2N4O/c1-11-5-7-24(8-6-11)17(25)16-9-12(2)21-18(23-16)22-13-3-4-14(19)15(20)10-13/h3-4,9-11H,5-8H2,1-2H3,(H,21,22,23). The van der Waals surface area contributed by atoms with E-state index in [1.54, 1.807) is 17.9 Å². The van der Waals surface area contributed by atoms with Gasteiger partial charge in [-0.2, -0.15) is 0 Å². The monoisotopic (exact) mass is 346 g/mol. The number of benzene rings is 1.